The average Bonchev–Trinajstić information content (AvgIpc) is 2.47. The van der Waals surface area contributed by atoms with E-state index in [1.165, 1.54) is 10.8 Å². The van der Waals surface area contributed by atoms with E-state index < -0.39 is 5.97 Å². The van der Waals surface area contributed by atoms with Gasteiger partial charge in [-0.2, -0.15) is 0 Å². The summed E-state index contributed by atoms with van der Waals surface area (Å²) in [6.45, 7) is 0. The summed E-state index contributed by atoms with van der Waals surface area (Å²) in [4.78, 5) is 22.6. The van der Waals surface area contributed by atoms with Gasteiger partial charge in [0.1, 0.15) is 0 Å². The second-order valence-electron chi connectivity index (χ2n) is 5.95. The quantitative estimate of drug-likeness (QED) is 0.891. The van der Waals surface area contributed by atoms with Gasteiger partial charge < -0.3 is 10.4 Å². The molecule has 4 heteroatoms. The van der Waals surface area contributed by atoms with Crippen LogP contribution in [0, 0.1) is 5.92 Å². The fraction of sp³-hybridized carbons (Fsp3) is 0.333. The maximum Gasteiger partial charge on any atom is 0.306 e. The number of fused-ring (bicyclic) bond motifs is 1. The van der Waals surface area contributed by atoms with E-state index in [2.05, 4.69) is 35.6 Å². The molecule has 0 aliphatic heterocycles. The second kappa shape index (κ2) is 6.18. The molecule has 0 aromatic heterocycles. The van der Waals surface area contributed by atoms with E-state index in [0.29, 0.717) is 25.7 Å². The van der Waals surface area contributed by atoms with Crippen LogP contribution in [0.2, 0.25) is 0 Å². The van der Waals surface area contributed by atoms with Gasteiger partial charge in [-0.25, -0.2) is 0 Å². The van der Waals surface area contributed by atoms with Crippen molar-refractivity contribution in [2.75, 3.05) is 0 Å². The summed E-state index contributed by atoms with van der Waals surface area (Å²) in [5.74, 6) is -1.05. The molecule has 0 heterocycles. The standard InChI is InChI=1S/C18H19NO3/c20-17(19-16-10-15(11-16)18(21)22)8-6-12-5-7-13-3-1-2-4-14(13)9-12/h1-5,7,9,15-16H,6,8,10-11H2,(H,19,20)(H,21,22). The number of benzene rings is 2. The van der Waals surface area contributed by atoms with Crippen molar-refractivity contribution in [1.29, 1.82) is 0 Å². The minimum atomic E-state index is -0.762. The Bertz CT molecular complexity index is 704. The van der Waals surface area contributed by atoms with Gasteiger partial charge in [-0.05, 0) is 35.6 Å². The maximum atomic E-state index is 11.9. The molecule has 0 saturated heterocycles. The predicted octanol–water partition coefficient (Wildman–Crippen LogP) is 2.75. The molecule has 2 aromatic rings. The molecule has 1 amide bonds. The number of carbonyl (C=O) groups is 2. The fourth-order valence-electron chi connectivity index (χ4n) is 2.89. The first-order chi connectivity index (χ1) is 10.6. The number of amides is 1. The number of aryl methyl sites for hydroxylation is 1. The average molecular weight is 297 g/mol. The van der Waals surface area contributed by atoms with Crippen LogP contribution in [0.1, 0.15) is 24.8 Å². The Balaban J connectivity index is 1.49. The second-order valence-corrected chi connectivity index (χ2v) is 5.95. The SMILES string of the molecule is O=C(CCc1ccc2ccccc2c1)NC1CC(C(=O)O)C1. The third-order valence-electron chi connectivity index (χ3n) is 4.31. The minimum Gasteiger partial charge on any atom is -0.481 e. The lowest BCUT2D eigenvalue weighted by atomic mass is 9.80. The van der Waals surface area contributed by atoms with E-state index in [9.17, 15) is 9.59 Å². The van der Waals surface area contributed by atoms with Crippen molar-refractivity contribution in [3.8, 4) is 0 Å². The van der Waals surface area contributed by atoms with Gasteiger partial charge in [-0.15, -0.1) is 0 Å². The van der Waals surface area contributed by atoms with Gasteiger partial charge in [0, 0.05) is 12.5 Å². The monoisotopic (exact) mass is 297 g/mol. The summed E-state index contributed by atoms with van der Waals surface area (Å²) in [6, 6.07) is 14.4. The van der Waals surface area contributed by atoms with Gasteiger partial charge >= 0.3 is 5.97 Å². The molecule has 1 fully saturated rings. The lowest BCUT2D eigenvalue weighted by Crippen LogP contribution is -2.46. The summed E-state index contributed by atoms with van der Waals surface area (Å²) in [5, 5.41) is 14.1. The van der Waals surface area contributed by atoms with Crippen LogP contribution in [0.15, 0.2) is 42.5 Å². The van der Waals surface area contributed by atoms with Crippen molar-refractivity contribution < 1.29 is 14.7 Å². The molecule has 114 valence electrons. The zero-order valence-electron chi connectivity index (χ0n) is 12.3. The number of carboxylic acid groups (broad SMARTS) is 1. The van der Waals surface area contributed by atoms with E-state index in [1.807, 2.05) is 12.1 Å². The lowest BCUT2D eigenvalue weighted by Gasteiger charge is -2.32. The topological polar surface area (TPSA) is 66.4 Å². The van der Waals surface area contributed by atoms with Crippen LogP contribution in [-0.2, 0) is 16.0 Å². The highest BCUT2D eigenvalue weighted by Gasteiger charge is 2.35. The number of nitrogens with one attached hydrogen (secondary N) is 1. The largest absolute Gasteiger partial charge is 0.481 e. The van der Waals surface area contributed by atoms with E-state index >= 15 is 0 Å². The molecule has 0 spiro atoms. The molecule has 1 saturated carbocycles. The Kier molecular flexibility index (Phi) is 4.09. The Morgan fingerprint density at radius 1 is 1.09 bits per heavy atom. The van der Waals surface area contributed by atoms with Gasteiger partial charge in [0.2, 0.25) is 5.91 Å². The smallest absolute Gasteiger partial charge is 0.306 e. The number of hydrogen-bond donors (Lipinski definition) is 2. The normalized spacial score (nSPS) is 20.4. The highest BCUT2D eigenvalue weighted by molar-refractivity contribution is 5.83. The number of aliphatic carboxylic acids is 1. The molecule has 1 aliphatic rings. The van der Waals surface area contributed by atoms with E-state index in [1.54, 1.807) is 0 Å². The van der Waals surface area contributed by atoms with Crippen molar-refractivity contribution >= 4 is 22.6 Å². The summed E-state index contributed by atoms with van der Waals surface area (Å²) < 4.78 is 0. The third-order valence-corrected chi connectivity index (χ3v) is 4.31. The van der Waals surface area contributed by atoms with Crippen LogP contribution in [0.25, 0.3) is 10.8 Å². The van der Waals surface area contributed by atoms with Crippen molar-refractivity contribution in [2.45, 2.75) is 31.7 Å². The molecular weight excluding hydrogens is 278 g/mol. The van der Waals surface area contributed by atoms with Crippen LogP contribution in [0.3, 0.4) is 0 Å². The molecule has 0 atom stereocenters. The first-order valence-electron chi connectivity index (χ1n) is 7.61. The van der Waals surface area contributed by atoms with Gasteiger partial charge in [-0.1, -0.05) is 42.5 Å². The zero-order valence-corrected chi connectivity index (χ0v) is 12.3. The zero-order chi connectivity index (χ0) is 15.5. The van der Waals surface area contributed by atoms with Crippen molar-refractivity contribution in [3.63, 3.8) is 0 Å². The van der Waals surface area contributed by atoms with Crippen molar-refractivity contribution in [2.24, 2.45) is 5.92 Å². The third kappa shape index (κ3) is 3.27. The summed E-state index contributed by atoms with van der Waals surface area (Å²) in [7, 11) is 0. The highest BCUT2D eigenvalue weighted by atomic mass is 16.4. The first kappa shape index (κ1) is 14.6. The summed E-state index contributed by atoms with van der Waals surface area (Å²) in [6.07, 6.45) is 2.24. The van der Waals surface area contributed by atoms with Gasteiger partial charge in [0.25, 0.3) is 0 Å². The Morgan fingerprint density at radius 2 is 1.82 bits per heavy atom. The fourth-order valence-corrected chi connectivity index (χ4v) is 2.89. The molecule has 22 heavy (non-hydrogen) atoms. The van der Waals surface area contributed by atoms with Crippen LogP contribution in [-0.4, -0.2) is 23.0 Å². The number of carboxylic acids is 1. The van der Waals surface area contributed by atoms with Crippen molar-refractivity contribution in [1.82, 2.24) is 5.32 Å². The Hall–Kier alpha value is -2.36. The molecular formula is C18H19NO3. The number of rotatable bonds is 5. The summed E-state index contributed by atoms with van der Waals surface area (Å²) >= 11 is 0. The highest BCUT2D eigenvalue weighted by Crippen LogP contribution is 2.27. The number of hydrogen-bond acceptors (Lipinski definition) is 2. The molecule has 0 radical (unpaired) electrons. The summed E-state index contributed by atoms with van der Waals surface area (Å²) in [5.41, 5.74) is 1.14. The van der Waals surface area contributed by atoms with E-state index in [0.717, 1.165) is 5.56 Å². The predicted molar refractivity (Wildman–Crippen MR) is 84.6 cm³/mol. The molecule has 0 bridgehead atoms. The molecule has 2 N–H and O–H groups in total. The van der Waals surface area contributed by atoms with E-state index in [4.69, 9.17) is 5.11 Å². The Labute approximate surface area is 129 Å². The number of carbonyl (C=O) groups excluding carboxylic acids is 1. The van der Waals surface area contributed by atoms with Crippen molar-refractivity contribution in [3.05, 3.63) is 48.0 Å². The van der Waals surface area contributed by atoms with Crippen LogP contribution >= 0.6 is 0 Å². The molecule has 4 nitrogen and oxygen atoms in total. The molecule has 0 unspecified atom stereocenters. The lowest BCUT2D eigenvalue weighted by molar-refractivity contribution is -0.146. The van der Waals surface area contributed by atoms with E-state index in [-0.39, 0.29) is 17.9 Å². The van der Waals surface area contributed by atoms with Gasteiger partial charge in [0.05, 0.1) is 5.92 Å². The molecule has 3 rings (SSSR count). The van der Waals surface area contributed by atoms with Gasteiger partial charge in [-0.3, -0.25) is 9.59 Å². The Morgan fingerprint density at radius 3 is 2.55 bits per heavy atom. The first-order valence-corrected chi connectivity index (χ1v) is 7.61. The van der Waals surface area contributed by atoms with Gasteiger partial charge in [0.15, 0.2) is 0 Å². The van der Waals surface area contributed by atoms with Crippen LogP contribution in [0.5, 0.6) is 0 Å². The molecule has 1 aliphatic carbocycles. The minimum absolute atomic E-state index is 0.00185. The maximum absolute atomic E-state index is 11.9. The van der Waals surface area contributed by atoms with Crippen LogP contribution in [0.4, 0.5) is 0 Å². The van der Waals surface area contributed by atoms with Crippen LogP contribution < -0.4 is 5.32 Å². The molecule has 2 aromatic carbocycles.